The van der Waals surface area contributed by atoms with Gasteiger partial charge < -0.3 is 5.32 Å². The van der Waals surface area contributed by atoms with Crippen LogP contribution in [0.5, 0.6) is 0 Å². The highest BCUT2D eigenvalue weighted by Crippen LogP contribution is 2.36. The highest BCUT2D eigenvalue weighted by atomic mass is 15.2. The van der Waals surface area contributed by atoms with E-state index in [-0.39, 0.29) is 0 Å². The molecule has 0 bridgehead atoms. The zero-order valence-corrected chi connectivity index (χ0v) is 13.9. The van der Waals surface area contributed by atoms with Crippen LogP contribution in [0.4, 0.5) is 0 Å². The third-order valence-electron chi connectivity index (χ3n) is 5.45. The number of nitrogens with one attached hydrogen (secondary N) is 1. The van der Waals surface area contributed by atoms with Crippen molar-refractivity contribution in [3.8, 4) is 0 Å². The summed E-state index contributed by atoms with van der Waals surface area (Å²) >= 11 is 0. The van der Waals surface area contributed by atoms with Crippen molar-refractivity contribution in [2.75, 3.05) is 19.6 Å². The zero-order valence-electron chi connectivity index (χ0n) is 13.9. The summed E-state index contributed by atoms with van der Waals surface area (Å²) in [6.07, 6.45) is 5.51. The molecule has 1 saturated heterocycles. The predicted octanol–water partition coefficient (Wildman–Crippen LogP) is 3.83. The standard InChI is InChI=1S/C19H30N2/c1-14-4-5-18(12-15(14)2)16(3)21(19-6-7-19)13-17-8-10-20-11-9-17/h4-5,12,16-17,19-20H,6-11,13H2,1-3H3. The van der Waals surface area contributed by atoms with Crippen LogP contribution in [-0.2, 0) is 0 Å². The summed E-state index contributed by atoms with van der Waals surface area (Å²) in [5, 5.41) is 3.49. The SMILES string of the molecule is Cc1ccc(C(C)N(CC2CCNCC2)C2CC2)cc1C. The Balaban J connectivity index is 1.71. The molecule has 116 valence electrons. The Labute approximate surface area is 129 Å². The average molecular weight is 286 g/mol. The van der Waals surface area contributed by atoms with Crippen LogP contribution in [0, 0.1) is 19.8 Å². The van der Waals surface area contributed by atoms with E-state index in [0.29, 0.717) is 6.04 Å². The van der Waals surface area contributed by atoms with Crippen LogP contribution < -0.4 is 5.32 Å². The molecule has 0 amide bonds. The van der Waals surface area contributed by atoms with Crippen LogP contribution in [0.15, 0.2) is 18.2 Å². The molecule has 0 spiro atoms. The first-order chi connectivity index (χ1) is 10.1. The van der Waals surface area contributed by atoms with Crippen LogP contribution in [0.2, 0.25) is 0 Å². The molecule has 1 atom stereocenters. The lowest BCUT2D eigenvalue weighted by atomic mass is 9.95. The van der Waals surface area contributed by atoms with Crippen LogP contribution in [-0.4, -0.2) is 30.6 Å². The Morgan fingerprint density at radius 1 is 1.10 bits per heavy atom. The lowest BCUT2D eigenvalue weighted by Gasteiger charge is -2.34. The van der Waals surface area contributed by atoms with Crippen molar-refractivity contribution in [2.24, 2.45) is 5.92 Å². The first kappa shape index (κ1) is 15.1. The fourth-order valence-corrected chi connectivity index (χ4v) is 3.61. The van der Waals surface area contributed by atoms with Gasteiger partial charge in [0.05, 0.1) is 0 Å². The fraction of sp³-hybridized carbons (Fsp3) is 0.684. The third-order valence-corrected chi connectivity index (χ3v) is 5.45. The topological polar surface area (TPSA) is 15.3 Å². The molecule has 21 heavy (non-hydrogen) atoms. The summed E-state index contributed by atoms with van der Waals surface area (Å²) in [5.74, 6) is 0.890. The summed E-state index contributed by atoms with van der Waals surface area (Å²) < 4.78 is 0. The van der Waals surface area contributed by atoms with E-state index in [1.54, 1.807) is 0 Å². The molecular weight excluding hydrogens is 256 g/mol. The van der Waals surface area contributed by atoms with E-state index < -0.39 is 0 Å². The van der Waals surface area contributed by atoms with Crippen LogP contribution in [0.3, 0.4) is 0 Å². The van der Waals surface area contributed by atoms with E-state index in [4.69, 9.17) is 0 Å². The van der Waals surface area contributed by atoms with Crippen LogP contribution in [0.25, 0.3) is 0 Å². The van der Waals surface area contributed by atoms with Gasteiger partial charge in [-0.15, -0.1) is 0 Å². The van der Waals surface area contributed by atoms with E-state index in [2.05, 4.69) is 49.2 Å². The molecule has 1 aliphatic heterocycles. The first-order valence-corrected chi connectivity index (χ1v) is 8.69. The number of rotatable bonds is 5. The molecule has 0 aromatic heterocycles. The van der Waals surface area contributed by atoms with Gasteiger partial charge in [-0.2, -0.15) is 0 Å². The number of hydrogen-bond acceptors (Lipinski definition) is 2. The van der Waals surface area contributed by atoms with E-state index in [1.807, 2.05) is 0 Å². The molecule has 3 rings (SSSR count). The summed E-state index contributed by atoms with van der Waals surface area (Å²) in [6.45, 7) is 10.6. The smallest absolute Gasteiger partial charge is 0.0323 e. The van der Waals surface area contributed by atoms with Crippen molar-refractivity contribution >= 4 is 0 Å². The second kappa shape index (κ2) is 6.50. The van der Waals surface area contributed by atoms with Gasteiger partial charge in [0, 0.05) is 18.6 Å². The van der Waals surface area contributed by atoms with Gasteiger partial charge in [-0.25, -0.2) is 0 Å². The maximum atomic E-state index is 3.49. The monoisotopic (exact) mass is 286 g/mol. The second-order valence-electron chi connectivity index (χ2n) is 7.14. The minimum Gasteiger partial charge on any atom is -0.317 e. The van der Waals surface area contributed by atoms with Gasteiger partial charge in [-0.1, -0.05) is 18.2 Å². The normalized spacial score (nSPS) is 21.7. The van der Waals surface area contributed by atoms with Gasteiger partial charge in [0.1, 0.15) is 0 Å². The van der Waals surface area contributed by atoms with Gasteiger partial charge in [0.2, 0.25) is 0 Å². The quantitative estimate of drug-likeness (QED) is 0.885. The van der Waals surface area contributed by atoms with Crippen molar-refractivity contribution in [1.82, 2.24) is 10.2 Å². The van der Waals surface area contributed by atoms with Crippen LogP contribution >= 0.6 is 0 Å². The van der Waals surface area contributed by atoms with Crippen molar-refractivity contribution in [3.05, 3.63) is 34.9 Å². The molecule has 1 aromatic carbocycles. The summed E-state index contributed by atoms with van der Waals surface area (Å²) in [4.78, 5) is 2.79. The van der Waals surface area contributed by atoms with Crippen molar-refractivity contribution in [2.45, 2.75) is 58.5 Å². The Hall–Kier alpha value is -0.860. The molecule has 1 N–H and O–H groups in total. The Bertz CT molecular complexity index is 472. The third kappa shape index (κ3) is 3.67. The van der Waals surface area contributed by atoms with Gasteiger partial charge in [0.15, 0.2) is 0 Å². The van der Waals surface area contributed by atoms with E-state index >= 15 is 0 Å². The lowest BCUT2D eigenvalue weighted by molar-refractivity contribution is 0.152. The Kier molecular flexibility index (Phi) is 4.66. The zero-order chi connectivity index (χ0) is 14.8. The summed E-state index contributed by atoms with van der Waals surface area (Å²) in [5.41, 5.74) is 4.33. The first-order valence-electron chi connectivity index (χ1n) is 8.69. The number of benzene rings is 1. The number of piperidine rings is 1. The molecule has 1 unspecified atom stereocenters. The number of nitrogens with zero attached hydrogens (tertiary/aromatic N) is 1. The number of aryl methyl sites for hydroxylation is 2. The highest BCUT2D eigenvalue weighted by molar-refractivity contribution is 5.31. The average Bonchev–Trinajstić information content (AvgIpc) is 3.33. The number of hydrogen-bond donors (Lipinski definition) is 1. The Morgan fingerprint density at radius 3 is 2.43 bits per heavy atom. The Morgan fingerprint density at radius 2 is 1.81 bits per heavy atom. The predicted molar refractivity (Wildman–Crippen MR) is 89.7 cm³/mol. The van der Waals surface area contributed by atoms with Crippen molar-refractivity contribution in [3.63, 3.8) is 0 Å². The van der Waals surface area contributed by atoms with Gasteiger partial charge in [0.25, 0.3) is 0 Å². The summed E-state index contributed by atoms with van der Waals surface area (Å²) in [7, 11) is 0. The molecule has 1 aliphatic carbocycles. The van der Waals surface area contributed by atoms with E-state index in [0.717, 1.165) is 12.0 Å². The maximum Gasteiger partial charge on any atom is 0.0323 e. The molecule has 2 aliphatic rings. The van der Waals surface area contributed by atoms with Crippen molar-refractivity contribution < 1.29 is 0 Å². The maximum absolute atomic E-state index is 3.49. The van der Waals surface area contributed by atoms with E-state index in [9.17, 15) is 0 Å². The molecule has 2 heteroatoms. The fourth-order valence-electron chi connectivity index (χ4n) is 3.61. The van der Waals surface area contributed by atoms with Gasteiger partial charge in [-0.05, 0) is 82.2 Å². The molecule has 1 heterocycles. The molecule has 1 aromatic rings. The van der Waals surface area contributed by atoms with Gasteiger partial charge >= 0.3 is 0 Å². The minimum absolute atomic E-state index is 0.562. The largest absolute Gasteiger partial charge is 0.317 e. The van der Waals surface area contributed by atoms with Crippen LogP contribution in [0.1, 0.15) is 55.3 Å². The minimum atomic E-state index is 0.562. The second-order valence-corrected chi connectivity index (χ2v) is 7.14. The highest BCUT2D eigenvalue weighted by Gasteiger charge is 2.34. The molecule has 2 fully saturated rings. The molecule has 0 radical (unpaired) electrons. The van der Waals surface area contributed by atoms with Gasteiger partial charge in [-0.3, -0.25) is 4.90 Å². The van der Waals surface area contributed by atoms with Crippen molar-refractivity contribution in [1.29, 1.82) is 0 Å². The van der Waals surface area contributed by atoms with E-state index in [1.165, 1.54) is 62.0 Å². The lowest BCUT2D eigenvalue weighted by Crippen LogP contribution is -2.38. The molecule has 2 nitrogen and oxygen atoms in total. The molecule has 1 saturated carbocycles. The summed E-state index contributed by atoms with van der Waals surface area (Å²) in [6, 6.07) is 8.43. The molecular formula is C19H30N2.